The predicted octanol–water partition coefficient (Wildman–Crippen LogP) is 3.22. The van der Waals surface area contributed by atoms with E-state index in [0.29, 0.717) is 6.42 Å². The van der Waals surface area contributed by atoms with E-state index in [9.17, 15) is 4.79 Å². The summed E-state index contributed by atoms with van der Waals surface area (Å²) < 4.78 is 0. The molecule has 2 aromatic rings. The molecule has 1 aromatic carbocycles. The van der Waals surface area contributed by atoms with Gasteiger partial charge in [-0.3, -0.25) is 4.79 Å². The van der Waals surface area contributed by atoms with Crippen molar-refractivity contribution in [3.63, 3.8) is 0 Å². The van der Waals surface area contributed by atoms with Gasteiger partial charge in [-0.15, -0.1) is 0 Å². The maximum atomic E-state index is 12.2. The third-order valence-electron chi connectivity index (χ3n) is 4.66. The molecular weight excluding hydrogens is 274 g/mol. The molecule has 4 heteroatoms. The summed E-state index contributed by atoms with van der Waals surface area (Å²) in [5.41, 5.74) is 3.47. The first-order valence-corrected chi connectivity index (χ1v) is 7.94. The van der Waals surface area contributed by atoms with Crippen LogP contribution in [0.2, 0.25) is 0 Å². The number of aryl methyl sites for hydroxylation is 2. The molecule has 1 amide bonds. The highest BCUT2D eigenvalue weighted by atomic mass is 16.1. The van der Waals surface area contributed by atoms with Crippen LogP contribution in [-0.2, 0) is 11.2 Å². The highest BCUT2D eigenvalue weighted by Gasteiger charge is 2.28. The molecule has 0 bridgehead atoms. The average Bonchev–Trinajstić information content (AvgIpc) is 3.08. The van der Waals surface area contributed by atoms with Crippen LogP contribution in [0.3, 0.4) is 0 Å². The van der Waals surface area contributed by atoms with Gasteiger partial charge in [-0.2, -0.15) is 5.26 Å². The van der Waals surface area contributed by atoms with Gasteiger partial charge in [-0.1, -0.05) is 18.2 Å². The molecule has 2 atom stereocenters. The lowest BCUT2D eigenvalue weighted by Crippen LogP contribution is -2.37. The van der Waals surface area contributed by atoms with E-state index in [1.54, 1.807) is 0 Å². The van der Waals surface area contributed by atoms with Crippen LogP contribution in [0, 0.1) is 24.2 Å². The van der Waals surface area contributed by atoms with Gasteiger partial charge < -0.3 is 10.3 Å². The molecule has 0 saturated heterocycles. The lowest BCUT2D eigenvalue weighted by Gasteiger charge is -2.15. The zero-order valence-electron chi connectivity index (χ0n) is 12.9. The molecule has 1 heterocycles. The summed E-state index contributed by atoms with van der Waals surface area (Å²) in [7, 11) is 0. The normalized spacial score (nSPS) is 20.9. The standard InChI is InChI=1S/C18H21N3O/c1-12-14(15-6-2-3-7-17(15)20-12)9-10-18(22)21-16-8-4-5-13(16)11-19/h2-3,6-7,13,16,20H,4-5,8-10H2,1H3,(H,21,22). The number of amides is 1. The number of hydrogen-bond donors (Lipinski definition) is 2. The summed E-state index contributed by atoms with van der Waals surface area (Å²) in [5.74, 6) is 0.0376. The summed E-state index contributed by atoms with van der Waals surface area (Å²) >= 11 is 0. The topological polar surface area (TPSA) is 68.7 Å². The number of fused-ring (bicyclic) bond motifs is 1. The Labute approximate surface area is 130 Å². The summed E-state index contributed by atoms with van der Waals surface area (Å²) in [6.45, 7) is 2.05. The molecule has 22 heavy (non-hydrogen) atoms. The van der Waals surface area contributed by atoms with Crippen molar-refractivity contribution in [3.05, 3.63) is 35.5 Å². The molecule has 2 unspecified atom stereocenters. The minimum atomic E-state index is -0.0150. The fraction of sp³-hybridized carbons (Fsp3) is 0.444. The summed E-state index contributed by atoms with van der Waals surface area (Å²) in [5, 5.41) is 13.3. The van der Waals surface area contributed by atoms with Gasteiger partial charge in [0.15, 0.2) is 0 Å². The fourth-order valence-electron chi connectivity index (χ4n) is 3.46. The molecule has 0 aliphatic heterocycles. The molecule has 0 spiro atoms. The highest BCUT2D eigenvalue weighted by Crippen LogP contribution is 2.26. The second-order valence-corrected chi connectivity index (χ2v) is 6.11. The minimum Gasteiger partial charge on any atom is -0.358 e. The lowest BCUT2D eigenvalue weighted by molar-refractivity contribution is -0.121. The first-order chi connectivity index (χ1) is 10.7. The van der Waals surface area contributed by atoms with Gasteiger partial charge in [0.25, 0.3) is 0 Å². The summed E-state index contributed by atoms with van der Waals surface area (Å²) in [4.78, 5) is 15.5. The van der Waals surface area contributed by atoms with Gasteiger partial charge in [-0.05, 0) is 44.2 Å². The SMILES string of the molecule is Cc1[nH]c2ccccc2c1CCC(=O)NC1CCCC1C#N. The zero-order valence-corrected chi connectivity index (χ0v) is 12.9. The van der Waals surface area contributed by atoms with Crippen LogP contribution >= 0.6 is 0 Å². The monoisotopic (exact) mass is 295 g/mol. The van der Waals surface area contributed by atoms with Gasteiger partial charge in [0.2, 0.25) is 5.91 Å². The fourth-order valence-corrected chi connectivity index (χ4v) is 3.46. The Morgan fingerprint density at radius 3 is 3.05 bits per heavy atom. The molecule has 1 aliphatic carbocycles. The Hall–Kier alpha value is -2.28. The molecule has 1 saturated carbocycles. The number of H-pyrrole nitrogens is 1. The molecule has 1 aliphatic rings. The van der Waals surface area contributed by atoms with Crippen molar-refractivity contribution in [2.45, 2.75) is 45.1 Å². The number of nitriles is 1. The van der Waals surface area contributed by atoms with Crippen molar-refractivity contribution in [1.29, 1.82) is 5.26 Å². The first-order valence-electron chi connectivity index (χ1n) is 7.94. The number of carbonyl (C=O) groups excluding carboxylic acids is 1. The van der Waals surface area contributed by atoms with Crippen LogP contribution in [0.25, 0.3) is 10.9 Å². The van der Waals surface area contributed by atoms with Crippen molar-refractivity contribution in [2.75, 3.05) is 0 Å². The van der Waals surface area contributed by atoms with Gasteiger partial charge in [-0.25, -0.2) is 0 Å². The molecular formula is C18H21N3O. The maximum Gasteiger partial charge on any atom is 0.220 e. The van der Waals surface area contributed by atoms with Crippen LogP contribution in [-0.4, -0.2) is 16.9 Å². The van der Waals surface area contributed by atoms with E-state index in [1.807, 2.05) is 12.1 Å². The number of rotatable bonds is 4. The first kappa shape index (κ1) is 14.6. The van der Waals surface area contributed by atoms with E-state index in [4.69, 9.17) is 5.26 Å². The number of carbonyl (C=O) groups is 1. The second kappa shape index (κ2) is 6.23. The van der Waals surface area contributed by atoms with Crippen molar-refractivity contribution in [1.82, 2.24) is 10.3 Å². The smallest absolute Gasteiger partial charge is 0.220 e. The van der Waals surface area contributed by atoms with E-state index in [2.05, 4.69) is 35.4 Å². The zero-order chi connectivity index (χ0) is 15.5. The molecule has 1 aromatic heterocycles. The predicted molar refractivity (Wildman–Crippen MR) is 86.2 cm³/mol. The summed E-state index contributed by atoms with van der Waals surface area (Å²) in [6, 6.07) is 10.5. The lowest BCUT2D eigenvalue weighted by atomic mass is 10.0. The van der Waals surface area contributed by atoms with Gasteiger partial charge in [0.1, 0.15) is 0 Å². The van der Waals surface area contributed by atoms with Crippen LogP contribution in [0.5, 0.6) is 0 Å². The van der Waals surface area contributed by atoms with Crippen molar-refractivity contribution in [3.8, 4) is 6.07 Å². The average molecular weight is 295 g/mol. The molecule has 1 fully saturated rings. The Bertz CT molecular complexity index is 725. The Kier molecular flexibility index (Phi) is 4.15. The molecule has 4 nitrogen and oxygen atoms in total. The third kappa shape index (κ3) is 2.85. The van der Waals surface area contributed by atoms with Crippen LogP contribution in [0.4, 0.5) is 0 Å². The van der Waals surface area contributed by atoms with Crippen LogP contribution in [0.15, 0.2) is 24.3 Å². The van der Waals surface area contributed by atoms with E-state index < -0.39 is 0 Å². The number of hydrogen-bond acceptors (Lipinski definition) is 2. The number of para-hydroxylation sites is 1. The van der Waals surface area contributed by atoms with Crippen LogP contribution in [0.1, 0.15) is 36.9 Å². The van der Waals surface area contributed by atoms with E-state index in [0.717, 1.165) is 36.9 Å². The number of nitrogens with one attached hydrogen (secondary N) is 2. The Balaban J connectivity index is 1.63. The quantitative estimate of drug-likeness (QED) is 0.909. The Morgan fingerprint density at radius 2 is 2.23 bits per heavy atom. The van der Waals surface area contributed by atoms with E-state index in [-0.39, 0.29) is 17.9 Å². The molecule has 2 N–H and O–H groups in total. The maximum absolute atomic E-state index is 12.2. The summed E-state index contributed by atoms with van der Waals surface area (Å²) in [6.07, 6.45) is 4.06. The van der Waals surface area contributed by atoms with E-state index in [1.165, 1.54) is 10.9 Å². The number of aromatic amines is 1. The van der Waals surface area contributed by atoms with Crippen molar-refractivity contribution < 1.29 is 4.79 Å². The molecule has 114 valence electrons. The van der Waals surface area contributed by atoms with Gasteiger partial charge in [0.05, 0.1) is 12.0 Å². The largest absolute Gasteiger partial charge is 0.358 e. The van der Waals surface area contributed by atoms with Crippen LogP contribution < -0.4 is 5.32 Å². The Morgan fingerprint density at radius 1 is 1.41 bits per heavy atom. The molecule has 3 rings (SSSR count). The number of benzene rings is 1. The third-order valence-corrected chi connectivity index (χ3v) is 4.66. The van der Waals surface area contributed by atoms with Gasteiger partial charge in [0, 0.05) is 29.1 Å². The minimum absolute atomic E-state index is 0.0150. The van der Waals surface area contributed by atoms with Crippen molar-refractivity contribution in [2.24, 2.45) is 5.92 Å². The van der Waals surface area contributed by atoms with E-state index >= 15 is 0 Å². The number of nitrogens with zero attached hydrogens (tertiary/aromatic N) is 1. The second-order valence-electron chi connectivity index (χ2n) is 6.11. The number of aromatic nitrogens is 1. The van der Waals surface area contributed by atoms with Gasteiger partial charge >= 0.3 is 0 Å². The highest BCUT2D eigenvalue weighted by molar-refractivity contribution is 5.85. The van der Waals surface area contributed by atoms with Crippen molar-refractivity contribution >= 4 is 16.8 Å². The molecule has 0 radical (unpaired) electrons.